The number of anilines is 1. The Morgan fingerprint density at radius 3 is 2.33 bits per heavy atom. The number of ether oxygens (including phenoxy) is 2. The van der Waals surface area contributed by atoms with Crippen LogP contribution in [0, 0.1) is 29.1 Å². The third kappa shape index (κ3) is 9.03. The number of amides is 2. The fraction of sp³-hybridized carbons (Fsp3) is 0.543. The highest BCUT2D eigenvalue weighted by atomic mass is 32.2. The molecule has 2 aromatic rings. The van der Waals surface area contributed by atoms with Gasteiger partial charge in [-0.15, -0.1) is 0 Å². The number of likely N-dealkylation sites (tertiary alicyclic amines) is 1. The molecule has 2 heterocycles. The molecular formula is C35H47N3O7S. The summed E-state index contributed by atoms with van der Waals surface area (Å²) < 4.78 is 11.1. The standard InChI is InChI=1S/C35H47N3O7S/c1-5-43-33(41)27(23-46-22-25-15-17-37(18-16-25)34(42)44-21-24-11-7-6-8-12-24)31-28(35(2,3)4)19-26-13-9-10-14-29(26)38(32(31)40)20-30(39)45-36/h6-14,25,27-28,31H,5,15-23,36H2,1-4H3/t27-,28?,31?/m1/s1. The van der Waals surface area contributed by atoms with Crippen LogP contribution in [0.5, 0.6) is 0 Å². The van der Waals surface area contributed by atoms with Crippen molar-refractivity contribution in [2.45, 2.75) is 53.6 Å². The molecule has 4 rings (SSSR count). The number of nitrogens with two attached hydrogens (primary N) is 1. The number of benzene rings is 2. The van der Waals surface area contributed by atoms with Crippen LogP contribution in [0.1, 0.15) is 51.7 Å². The molecule has 3 atom stereocenters. The van der Waals surface area contributed by atoms with Crippen molar-refractivity contribution in [2.24, 2.45) is 35.0 Å². The average molecular weight is 654 g/mol. The maximum atomic E-state index is 14.5. The molecular weight excluding hydrogens is 606 g/mol. The van der Waals surface area contributed by atoms with E-state index in [9.17, 15) is 19.2 Å². The van der Waals surface area contributed by atoms with Gasteiger partial charge < -0.3 is 24.1 Å². The zero-order valence-electron chi connectivity index (χ0n) is 27.3. The predicted molar refractivity (Wildman–Crippen MR) is 178 cm³/mol. The van der Waals surface area contributed by atoms with E-state index in [0.29, 0.717) is 36.9 Å². The van der Waals surface area contributed by atoms with E-state index < -0.39 is 23.8 Å². The third-order valence-electron chi connectivity index (χ3n) is 8.99. The molecule has 0 saturated carbocycles. The lowest BCUT2D eigenvalue weighted by atomic mass is 9.66. The van der Waals surface area contributed by atoms with E-state index in [1.165, 1.54) is 4.90 Å². The summed E-state index contributed by atoms with van der Waals surface area (Å²) in [6.45, 7) is 9.31. The molecule has 10 nitrogen and oxygen atoms in total. The van der Waals surface area contributed by atoms with Gasteiger partial charge in [0.05, 0.1) is 18.4 Å². The molecule has 2 amide bonds. The van der Waals surface area contributed by atoms with Crippen LogP contribution in [-0.2, 0) is 41.7 Å². The SMILES string of the molecule is CCOC(=O)[C@H](CSCC1CCN(C(=O)OCc2ccccc2)CC1)C1C(=O)N(CC(=O)ON)c2ccccc2CC1C(C)(C)C. The Kier molecular flexibility index (Phi) is 12.5. The first-order valence-electron chi connectivity index (χ1n) is 16.0. The molecule has 2 aromatic carbocycles. The average Bonchev–Trinajstić information content (AvgIpc) is 3.17. The quantitative estimate of drug-likeness (QED) is 0.256. The van der Waals surface area contributed by atoms with Gasteiger partial charge in [0.15, 0.2) is 0 Å². The Morgan fingerprint density at radius 2 is 1.67 bits per heavy atom. The van der Waals surface area contributed by atoms with Crippen molar-refractivity contribution in [1.82, 2.24) is 4.90 Å². The second kappa shape index (κ2) is 16.3. The van der Waals surface area contributed by atoms with Crippen molar-refractivity contribution < 1.29 is 33.5 Å². The molecule has 2 unspecified atom stereocenters. The summed E-state index contributed by atoms with van der Waals surface area (Å²) in [6.07, 6.45) is 1.91. The van der Waals surface area contributed by atoms with Crippen LogP contribution in [-0.4, -0.2) is 66.6 Å². The van der Waals surface area contributed by atoms with Crippen LogP contribution in [0.25, 0.3) is 0 Å². The maximum Gasteiger partial charge on any atom is 0.410 e. The number of rotatable bonds is 11. The zero-order valence-corrected chi connectivity index (χ0v) is 28.1. The second-order valence-corrected chi connectivity index (χ2v) is 14.2. The molecule has 2 aliphatic rings. The van der Waals surface area contributed by atoms with Gasteiger partial charge in [-0.3, -0.25) is 9.59 Å². The number of thioether (sulfide) groups is 1. The third-order valence-corrected chi connectivity index (χ3v) is 10.3. The molecule has 250 valence electrons. The molecule has 2 aliphatic heterocycles. The number of carbonyl (C=O) groups is 4. The van der Waals surface area contributed by atoms with E-state index in [1.54, 1.807) is 23.6 Å². The van der Waals surface area contributed by atoms with Gasteiger partial charge in [0.1, 0.15) is 13.2 Å². The van der Waals surface area contributed by atoms with Gasteiger partial charge in [-0.05, 0) is 66.4 Å². The lowest BCUT2D eigenvalue weighted by molar-refractivity contribution is -0.153. The van der Waals surface area contributed by atoms with E-state index >= 15 is 0 Å². The largest absolute Gasteiger partial charge is 0.466 e. The lowest BCUT2D eigenvalue weighted by Gasteiger charge is -2.39. The predicted octanol–water partition coefficient (Wildman–Crippen LogP) is 5.23. The van der Waals surface area contributed by atoms with Crippen LogP contribution in [0.2, 0.25) is 0 Å². The highest BCUT2D eigenvalue weighted by molar-refractivity contribution is 7.99. The minimum absolute atomic E-state index is 0.198. The van der Waals surface area contributed by atoms with Crippen LogP contribution < -0.4 is 10.8 Å². The summed E-state index contributed by atoms with van der Waals surface area (Å²) in [6, 6.07) is 17.1. The number of hydrogen-bond donors (Lipinski definition) is 1. The molecule has 0 radical (unpaired) electrons. The Labute approximate surface area is 276 Å². The van der Waals surface area contributed by atoms with E-state index in [0.717, 1.165) is 29.7 Å². The lowest BCUT2D eigenvalue weighted by Crippen LogP contribution is -2.49. The van der Waals surface area contributed by atoms with Gasteiger partial charge in [-0.25, -0.2) is 9.59 Å². The molecule has 0 aliphatic carbocycles. The van der Waals surface area contributed by atoms with Gasteiger partial charge in [0.25, 0.3) is 0 Å². The molecule has 0 spiro atoms. The van der Waals surface area contributed by atoms with E-state index in [1.807, 2.05) is 54.6 Å². The van der Waals surface area contributed by atoms with Crippen molar-refractivity contribution in [3.63, 3.8) is 0 Å². The van der Waals surface area contributed by atoms with Crippen LogP contribution >= 0.6 is 11.8 Å². The number of fused-ring (bicyclic) bond motifs is 1. The van der Waals surface area contributed by atoms with Gasteiger partial charge in [-0.1, -0.05) is 69.3 Å². The van der Waals surface area contributed by atoms with E-state index in [-0.39, 0.29) is 43.1 Å². The van der Waals surface area contributed by atoms with Crippen molar-refractivity contribution in [1.29, 1.82) is 0 Å². The van der Waals surface area contributed by atoms with Gasteiger partial charge in [-0.2, -0.15) is 17.7 Å². The van der Waals surface area contributed by atoms with Gasteiger partial charge in [0.2, 0.25) is 5.91 Å². The van der Waals surface area contributed by atoms with Gasteiger partial charge in [0, 0.05) is 24.5 Å². The van der Waals surface area contributed by atoms with Crippen molar-refractivity contribution in [3.05, 3.63) is 65.7 Å². The van der Waals surface area contributed by atoms with Crippen molar-refractivity contribution >= 4 is 41.4 Å². The molecule has 1 saturated heterocycles. The Morgan fingerprint density at radius 1 is 1.00 bits per heavy atom. The summed E-state index contributed by atoms with van der Waals surface area (Å²) >= 11 is 1.64. The maximum absolute atomic E-state index is 14.5. The minimum Gasteiger partial charge on any atom is -0.466 e. The van der Waals surface area contributed by atoms with Crippen molar-refractivity contribution in [3.8, 4) is 0 Å². The van der Waals surface area contributed by atoms with Crippen LogP contribution in [0.3, 0.4) is 0 Å². The summed E-state index contributed by atoms with van der Waals surface area (Å²) in [5.74, 6) is 3.59. The Bertz CT molecular complexity index is 1340. The summed E-state index contributed by atoms with van der Waals surface area (Å²) in [5, 5.41) is 0. The van der Waals surface area contributed by atoms with Gasteiger partial charge >= 0.3 is 18.0 Å². The zero-order chi connectivity index (χ0) is 33.3. The smallest absolute Gasteiger partial charge is 0.410 e. The van der Waals surface area contributed by atoms with Crippen LogP contribution in [0.15, 0.2) is 54.6 Å². The number of nitrogens with zero attached hydrogens (tertiary/aromatic N) is 2. The number of hydrogen-bond acceptors (Lipinski definition) is 9. The number of carbonyl (C=O) groups excluding carboxylic acids is 4. The molecule has 2 N–H and O–H groups in total. The first-order valence-corrected chi connectivity index (χ1v) is 17.2. The summed E-state index contributed by atoms with van der Waals surface area (Å²) in [7, 11) is 0. The normalized spacial score (nSPS) is 19.5. The highest BCUT2D eigenvalue weighted by Crippen LogP contribution is 2.45. The Hall–Kier alpha value is -3.57. The summed E-state index contributed by atoms with van der Waals surface area (Å²) in [4.78, 5) is 60.8. The Balaban J connectivity index is 1.46. The van der Waals surface area contributed by atoms with E-state index in [2.05, 4.69) is 25.6 Å². The first-order chi connectivity index (χ1) is 22.0. The molecule has 1 fully saturated rings. The second-order valence-electron chi connectivity index (χ2n) is 13.1. The fourth-order valence-electron chi connectivity index (χ4n) is 6.43. The highest BCUT2D eigenvalue weighted by Gasteiger charge is 2.48. The molecule has 0 aromatic heterocycles. The summed E-state index contributed by atoms with van der Waals surface area (Å²) in [5.41, 5.74) is 2.16. The number of esters is 1. The number of piperidine rings is 1. The molecule has 11 heteroatoms. The van der Waals surface area contributed by atoms with Crippen LogP contribution in [0.4, 0.5) is 10.5 Å². The van der Waals surface area contributed by atoms with Crippen molar-refractivity contribution in [2.75, 3.05) is 42.6 Å². The molecule has 0 bridgehead atoms. The number of para-hydroxylation sites is 1. The topological polar surface area (TPSA) is 128 Å². The fourth-order valence-corrected chi connectivity index (χ4v) is 7.83. The first kappa shape index (κ1) is 35.3. The monoisotopic (exact) mass is 653 g/mol. The minimum atomic E-state index is -0.742. The van der Waals surface area contributed by atoms with E-state index in [4.69, 9.17) is 15.4 Å². The molecule has 46 heavy (non-hydrogen) atoms.